The Labute approximate surface area is 82.6 Å². The maximum atomic E-state index is 8.63. The van der Waals surface area contributed by atoms with Gasteiger partial charge in [0.2, 0.25) is 0 Å². The van der Waals surface area contributed by atoms with Crippen molar-refractivity contribution in [1.29, 1.82) is 0 Å². The van der Waals surface area contributed by atoms with Gasteiger partial charge in [0.05, 0.1) is 6.61 Å². The highest BCUT2D eigenvalue weighted by Gasteiger charge is 2.16. The summed E-state index contributed by atoms with van der Waals surface area (Å²) >= 11 is 1.89. The number of thiophene rings is 1. The van der Waals surface area contributed by atoms with Crippen molar-refractivity contribution in [1.82, 2.24) is 5.32 Å². The summed E-state index contributed by atoms with van der Waals surface area (Å²) < 4.78 is 0. The van der Waals surface area contributed by atoms with Gasteiger partial charge in [-0.15, -0.1) is 11.3 Å². The second-order valence-corrected chi connectivity index (χ2v) is 4.38. The highest BCUT2D eigenvalue weighted by atomic mass is 32.1. The topological polar surface area (TPSA) is 32.3 Å². The molecule has 0 aliphatic heterocycles. The van der Waals surface area contributed by atoms with Crippen LogP contribution in [0.5, 0.6) is 0 Å². The first-order chi connectivity index (χ1) is 6.42. The Balaban J connectivity index is 1.96. The smallest absolute Gasteiger partial charge is 0.0556 e. The quantitative estimate of drug-likeness (QED) is 0.713. The number of hydrogen-bond donors (Lipinski definition) is 2. The third kappa shape index (κ3) is 1.93. The molecule has 0 unspecified atom stereocenters. The molecule has 3 heteroatoms. The zero-order valence-corrected chi connectivity index (χ0v) is 8.49. The van der Waals surface area contributed by atoms with Gasteiger partial charge in [-0.2, -0.15) is 0 Å². The monoisotopic (exact) mass is 197 g/mol. The van der Waals surface area contributed by atoms with E-state index in [0.29, 0.717) is 6.54 Å². The number of aryl methyl sites for hydroxylation is 1. The molecule has 0 amide bonds. The van der Waals surface area contributed by atoms with Crippen molar-refractivity contribution < 1.29 is 5.11 Å². The first-order valence-electron chi connectivity index (χ1n) is 4.81. The maximum Gasteiger partial charge on any atom is 0.0556 e. The van der Waals surface area contributed by atoms with Crippen LogP contribution in [0.4, 0.5) is 0 Å². The molecule has 0 saturated heterocycles. The van der Waals surface area contributed by atoms with Crippen molar-refractivity contribution in [2.24, 2.45) is 0 Å². The van der Waals surface area contributed by atoms with E-state index in [4.69, 9.17) is 5.11 Å². The number of nitrogens with one attached hydrogen (secondary N) is 1. The summed E-state index contributed by atoms with van der Waals surface area (Å²) in [5.74, 6) is 0. The van der Waals surface area contributed by atoms with Crippen LogP contribution in [0.2, 0.25) is 0 Å². The Morgan fingerprint density at radius 1 is 1.46 bits per heavy atom. The molecule has 1 aliphatic rings. The van der Waals surface area contributed by atoms with E-state index in [2.05, 4.69) is 10.7 Å². The second kappa shape index (κ2) is 4.22. The lowest BCUT2D eigenvalue weighted by atomic mass is 10.1. The van der Waals surface area contributed by atoms with Gasteiger partial charge in [-0.1, -0.05) is 0 Å². The molecule has 2 N–H and O–H groups in total. The molecule has 1 heterocycles. The Morgan fingerprint density at radius 2 is 2.38 bits per heavy atom. The van der Waals surface area contributed by atoms with Gasteiger partial charge >= 0.3 is 0 Å². The van der Waals surface area contributed by atoms with Gasteiger partial charge in [0.15, 0.2) is 0 Å². The zero-order valence-electron chi connectivity index (χ0n) is 7.68. The van der Waals surface area contributed by atoms with Crippen molar-refractivity contribution in [3.8, 4) is 0 Å². The fourth-order valence-electron chi connectivity index (χ4n) is 1.85. The molecule has 0 saturated carbocycles. The van der Waals surface area contributed by atoms with Gasteiger partial charge in [-0.3, -0.25) is 0 Å². The van der Waals surface area contributed by atoms with E-state index >= 15 is 0 Å². The Morgan fingerprint density at radius 3 is 3.23 bits per heavy atom. The van der Waals surface area contributed by atoms with Crippen molar-refractivity contribution in [3.05, 3.63) is 21.4 Å². The average molecular weight is 197 g/mol. The van der Waals surface area contributed by atoms with Crippen LogP contribution < -0.4 is 5.32 Å². The number of aliphatic hydroxyl groups is 1. The molecule has 0 aromatic carbocycles. The third-order valence-corrected chi connectivity index (χ3v) is 3.64. The van der Waals surface area contributed by atoms with Crippen molar-refractivity contribution in [2.75, 3.05) is 13.2 Å². The molecule has 0 atom stereocenters. The van der Waals surface area contributed by atoms with Gasteiger partial charge in [0.1, 0.15) is 0 Å². The van der Waals surface area contributed by atoms with Gasteiger partial charge in [0, 0.05) is 18.0 Å². The minimum absolute atomic E-state index is 0.228. The van der Waals surface area contributed by atoms with Crippen molar-refractivity contribution in [2.45, 2.75) is 25.8 Å². The van der Waals surface area contributed by atoms with E-state index in [1.54, 1.807) is 10.4 Å². The number of rotatable bonds is 4. The first kappa shape index (κ1) is 9.19. The molecule has 1 aliphatic carbocycles. The second-order valence-electron chi connectivity index (χ2n) is 3.42. The molecule has 1 aromatic rings. The Bertz CT molecular complexity index is 282. The van der Waals surface area contributed by atoms with E-state index in [9.17, 15) is 0 Å². The number of fused-ring (bicyclic) bond motifs is 1. The standard InChI is InChI=1S/C10H15NOS/c12-5-4-11-6-8-7-13-10-3-1-2-9(8)10/h7,11-12H,1-6H2. The SMILES string of the molecule is OCCNCc1csc2c1CCC2. The first-order valence-corrected chi connectivity index (χ1v) is 5.69. The van der Waals surface area contributed by atoms with Crippen LogP contribution in [0.1, 0.15) is 22.4 Å². The van der Waals surface area contributed by atoms with E-state index in [-0.39, 0.29) is 6.61 Å². The van der Waals surface area contributed by atoms with Crippen LogP contribution >= 0.6 is 11.3 Å². The molecule has 0 bridgehead atoms. The van der Waals surface area contributed by atoms with Gasteiger partial charge < -0.3 is 10.4 Å². The largest absolute Gasteiger partial charge is 0.395 e. The van der Waals surface area contributed by atoms with E-state index in [0.717, 1.165) is 6.54 Å². The predicted octanol–water partition coefficient (Wildman–Crippen LogP) is 1.32. The summed E-state index contributed by atoms with van der Waals surface area (Å²) in [4.78, 5) is 1.58. The van der Waals surface area contributed by atoms with Crippen LogP contribution in [-0.2, 0) is 19.4 Å². The fraction of sp³-hybridized carbons (Fsp3) is 0.600. The third-order valence-electron chi connectivity index (χ3n) is 2.50. The minimum atomic E-state index is 0.228. The highest BCUT2D eigenvalue weighted by Crippen LogP contribution is 2.30. The molecule has 0 fully saturated rings. The Kier molecular flexibility index (Phi) is 2.98. The Hall–Kier alpha value is -0.380. The molecule has 2 rings (SSSR count). The van der Waals surface area contributed by atoms with Crippen LogP contribution in [0, 0.1) is 0 Å². The van der Waals surface area contributed by atoms with Gasteiger partial charge in [0.25, 0.3) is 0 Å². The molecule has 0 spiro atoms. The molecule has 13 heavy (non-hydrogen) atoms. The van der Waals surface area contributed by atoms with Crippen molar-refractivity contribution in [3.63, 3.8) is 0 Å². The summed E-state index contributed by atoms with van der Waals surface area (Å²) in [6, 6.07) is 0. The molecule has 0 radical (unpaired) electrons. The van der Waals surface area contributed by atoms with Gasteiger partial charge in [-0.05, 0) is 35.8 Å². The number of hydrogen-bond acceptors (Lipinski definition) is 3. The lowest BCUT2D eigenvalue weighted by Crippen LogP contribution is -2.17. The summed E-state index contributed by atoms with van der Waals surface area (Å²) in [5.41, 5.74) is 3.03. The van der Waals surface area contributed by atoms with Crippen LogP contribution in [0.3, 0.4) is 0 Å². The summed E-state index contributed by atoms with van der Waals surface area (Å²) in [6.07, 6.45) is 3.87. The average Bonchev–Trinajstić information content (AvgIpc) is 2.68. The molecule has 72 valence electrons. The number of aliphatic hydroxyl groups excluding tert-OH is 1. The minimum Gasteiger partial charge on any atom is -0.395 e. The molecular formula is C10H15NOS. The van der Waals surface area contributed by atoms with Crippen molar-refractivity contribution >= 4 is 11.3 Å². The van der Waals surface area contributed by atoms with E-state index < -0.39 is 0 Å². The van der Waals surface area contributed by atoms with E-state index in [1.807, 2.05) is 11.3 Å². The van der Waals surface area contributed by atoms with Gasteiger partial charge in [-0.25, -0.2) is 0 Å². The summed E-state index contributed by atoms with van der Waals surface area (Å²) in [6.45, 7) is 1.85. The molecule has 1 aromatic heterocycles. The van der Waals surface area contributed by atoms with Crippen LogP contribution in [-0.4, -0.2) is 18.3 Å². The lowest BCUT2D eigenvalue weighted by molar-refractivity contribution is 0.292. The highest BCUT2D eigenvalue weighted by molar-refractivity contribution is 7.10. The van der Waals surface area contributed by atoms with E-state index in [1.165, 1.54) is 24.8 Å². The fourth-order valence-corrected chi connectivity index (χ4v) is 3.00. The normalized spacial score (nSPS) is 14.8. The lowest BCUT2D eigenvalue weighted by Gasteiger charge is -2.02. The molecular weight excluding hydrogens is 182 g/mol. The molecule has 2 nitrogen and oxygen atoms in total. The predicted molar refractivity (Wildman–Crippen MR) is 55.1 cm³/mol. The van der Waals surface area contributed by atoms with Crippen LogP contribution in [0.25, 0.3) is 0 Å². The maximum absolute atomic E-state index is 8.63. The summed E-state index contributed by atoms with van der Waals surface area (Å²) in [7, 11) is 0. The van der Waals surface area contributed by atoms with Crippen LogP contribution in [0.15, 0.2) is 5.38 Å². The summed E-state index contributed by atoms with van der Waals surface area (Å²) in [5, 5.41) is 14.1. The zero-order chi connectivity index (χ0) is 9.10.